The van der Waals surface area contributed by atoms with Crippen molar-refractivity contribution in [3.05, 3.63) is 0 Å². The van der Waals surface area contributed by atoms with E-state index in [2.05, 4.69) is 48.5 Å². The van der Waals surface area contributed by atoms with Gasteiger partial charge in [-0.05, 0) is 43.4 Å². The average molecular weight is 1280 g/mol. The lowest BCUT2D eigenvalue weighted by Gasteiger charge is -2.21. The first-order valence-electron chi connectivity index (χ1n) is 35.4. The first-order chi connectivity index (χ1) is 41.8. The van der Waals surface area contributed by atoms with Crippen molar-refractivity contribution in [3.8, 4) is 0 Å². The van der Waals surface area contributed by atoms with Gasteiger partial charge in [0.1, 0.15) is 19.3 Å². The summed E-state index contributed by atoms with van der Waals surface area (Å²) in [5.41, 5.74) is 0. The Kier molecular flexibility index (Phi) is 57.8. The molecule has 0 aromatic heterocycles. The molecule has 0 rings (SSSR count). The molecule has 87 heavy (non-hydrogen) atoms. The van der Waals surface area contributed by atoms with Gasteiger partial charge < -0.3 is 33.8 Å². The predicted molar refractivity (Wildman–Crippen MR) is 349 cm³/mol. The van der Waals surface area contributed by atoms with Crippen LogP contribution in [0.4, 0.5) is 0 Å². The highest BCUT2D eigenvalue weighted by Gasteiger charge is 2.30. The summed E-state index contributed by atoms with van der Waals surface area (Å²) in [6, 6.07) is 0. The summed E-state index contributed by atoms with van der Waals surface area (Å²) < 4.78 is 68.2. The summed E-state index contributed by atoms with van der Waals surface area (Å²) in [7, 11) is -9.90. The molecule has 0 amide bonds. The van der Waals surface area contributed by atoms with Crippen LogP contribution in [0.2, 0.25) is 0 Å². The molecule has 3 N–H and O–H groups in total. The highest BCUT2D eigenvalue weighted by atomic mass is 31.2. The standard InChI is InChI=1S/C68H132O17P2/c1-8-10-11-12-13-14-17-21-28-37-44-51-67(72)85-64(56-79-66(71)50-43-36-31-30-33-40-47-60(5)6)58-83-87(76,77)81-54-62(69)53-80-86(74,75)82-57-63(55-78-65(70)49-42-35-27-24-23-26-34-41-48-61(7)9-2)84-68(73)52-45-38-29-22-19-16-15-18-20-25-32-39-46-59(3)4/h59-64,69H,8-58H2,1-7H3,(H,74,75)(H,76,77)/t61?,62-,63-,64-/m1/s1. The zero-order valence-corrected chi connectivity index (χ0v) is 58.3. The second-order valence-electron chi connectivity index (χ2n) is 25.8. The first kappa shape index (κ1) is 85.1. The Morgan fingerprint density at radius 2 is 0.586 bits per heavy atom. The van der Waals surface area contributed by atoms with E-state index in [0.29, 0.717) is 31.6 Å². The number of aliphatic hydroxyl groups excluding tert-OH is 1. The zero-order chi connectivity index (χ0) is 64.5. The van der Waals surface area contributed by atoms with Crippen molar-refractivity contribution in [1.29, 1.82) is 0 Å². The van der Waals surface area contributed by atoms with E-state index in [-0.39, 0.29) is 25.7 Å². The van der Waals surface area contributed by atoms with Crippen LogP contribution in [0.5, 0.6) is 0 Å². The molecule has 0 bridgehead atoms. The molecule has 0 radical (unpaired) electrons. The molecule has 6 atom stereocenters. The highest BCUT2D eigenvalue weighted by molar-refractivity contribution is 7.47. The van der Waals surface area contributed by atoms with Gasteiger partial charge in [0.25, 0.3) is 0 Å². The van der Waals surface area contributed by atoms with Crippen molar-refractivity contribution in [2.75, 3.05) is 39.6 Å². The van der Waals surface area contributed by atoms with Crippen LogP contribution in [-0.2, 0) is 65.4 Å². The van der Waals surface area contributed by atoms with E-state index in [1.165, 1.54) is 141 Å². The maximum atomic E-state index is 13.0. The van der Waals surface area contributed by atoms with Gasteiger partial charge in [-0.25, -0.2) is 9.13 Å². The Morgan fingerprint density at radius 3 is 0.874 bits per heavy atom. The largest absolute Gasteiger partial charge is 0.472 e. The van der Waals surface area contributed by atoms with Crippen LogP contribution in [0.25, 0.3) is 0 Å². The molecule has 0 saturated heterocycles. The van der Waals surface area contributed by atoms with E-state index in [9.17, 15) is 43.2 Å². The molecule has 516 valence electrons. The Bertz CT molecular complexity index is 1720. The van der Waals surface area contributed by atoms with Crippen LogP contribution in [0.15, 0.2) is 0 Å². The number of hydrogen-bond acceptors (Lipinski definition) is 15. The third-order valence-electron chi connectivity index (χ3n) is 16.0. The SMILES string of the molecule is CCCCCCCCCCCCCC(=O)O[C@H](COC(=O)CCCCCCCCC(C)C)COP(=O)(O)OC[C@H](O)COP(=O)(O)OC[C@@H](COC(=O)CCCCCCCCCCC(C)CC)OC(=O)CCCCCCCCCCCCCCC(C)C. The first-order valence-corrected chi connectivity index (χ1v) is 38.4. The fourth-order valence-corrected chi connectivity index (χ4v) is 11.7. The van der Waals surface area contributed by atoms with Gasteiger partial charge in [0.05, 0.1) is 26.4 Å². The lowest BCUT2D eigenvalue weighted by atomic mass is 9.99. The van der Waals surface area contributed by atoms with Gasteiger partial charge in [-0.1, -0.05) is 286 Å². The van der Waals surface area contributed by atoms with Crippen molar-refractivity contribution in [1.82, 2.24) is 0 Å². The minimum absolute atomic E-state index is 0.105. The number of aliphatic hydroxyl groups is 1. The minimum atomic E-state index is -4.95. The van der Waals surface area contributed by atoms with E-state index in [1.54, 1.807) is 0 Å². The van der Waals surface area contributed by atoms with Crippen LogP contribution >= 0.6 is 15.6 Å². The van der Waals surface area contributed by atoms with Crippen LogP contribution in [0.1, 0.15) is 337 Å². The van der Waals surface area contributed by atoms with Crippen LogP contribution in [0.3, 0.4) is 0 Å². The highest BCUT2D eigenvalue weighted by Crippen LogP contribution is 2.45. The van der Waals surface area contributed by atoms with Gasteiger partial charge in [0.15, 0.2) is 12.2 Å². The molecule has 0 aliphatic heterocycles. The Morgan fingerprint density at radius 1 is 0.333 bits per heavy atom. The quantitative estimate of drug-likeness (QED) is 0.0222. The fourth-order valence-electron chi connectivity index (χ4n) is 10.2. The summed E-state index contributed by atoms with van der Waals surface area (Å²) in [5.74, 6) is 0.103. The third kappa shape index (κ3) is 61.3. The van der Waals surface area contributed by atoms with E-state index in [0.717, 1.165) is 108 Å². The molecular weight excluding hydrogens is 1150 g/mol. The lowest BCUT2D eigenvalue weighted by Crippen LogP contribution is -2.30. The van der Waals surface area contributed by atoms with Crippen molar-refractivity contribution < 1.29 is 80.2 Å². The maximum absolute atomic E-state index is 13.0. The van der Waals surface area contributed by atoms with Gasteiger partial charge >= 0.3 is 39.5 Å². The molecule has 0 fully saturated rings. The number of phosphoric ester groups is 2. The van der Waals surface area contributed by atoms with Gasteiger partial charge in [0, 0.05) is 25.7 Å². The van der Waals surface area contributed by atoms with Crippen molar-refractivity contribution >= 4 is 39.5 Å². The minimum Gasteiger partial charge on any atom is -0.462 e. The monoisotopic (exact) mass is 1280 g/mol. The average Bonchev–Trinajstić information content (AvgIpc) is 3.63. The van der Waals surface area contributed by atoms with Gasteiger partial charge in [0.2, 0.25) is 0 Å². The lowest BCUT2D eigenvalue weighted by molar-refractivity contribution is -0.161. The summed E-state index contributed by atoms with van der Waals surface area (Å²) in [5, 5.41) is 10.6. The summed E-state index contributed by atoms with van der Waals surface area (Å²) in [6.07, 6.45) is 41.7. The fraction of sp³-hybridized carbons (Fsp3) is 0.941. The van der Waals surface area contributed by atoms with E-state index < -0.39 is 97.5 Å². The molecule has 0 aliphatic carbocycles. The molecule has 0 saturated carbocycles. The topological polar surface area (TPSA) is 237 Å². The number of hydrogen-bond donors (Lipinski definition) is 3. The summed E-state index contributed by atoms with van der Waals surface area (Å²) in [4.78, 5) is 72.4. The number of phosphoric acid groups is 2. The van der Waals surface area contributed by atoms with E-state index in [4.69, 9.17) is 37.0 Å². The van der Waals surface area contributed by atoms with E-state index >= 15 is 0 Å². The zero-order valence-electron chi connectivity index (χ0n) is 56.5. The van der Waals surface area contributed by atoms with Crippen LogP contribution < -0.4 is 0 Å². The molecule has 0 aliphatic rings. The molecule has 3 unspecified atom stereocenters. The molecular formula is C68H132O17P2. The normalized spacial score (nSPS) is 14.6. The van der Waals surface area contributed by atoms with Gasteiger partial charge in [-0.15, -0.1) is 0 Å². The molecule has 0 aromatic carbocycles. The van der Waals surface area contributed by atoms with Gasteiger partial charge in [-0.3, -0.25) is 37.3 Å². The number of ether oxygens (including phenoxy) is 4. The molecule has 19 heteroatoms. The number of carbonyl (C=O) groups excluding carboxylic acids is 4. The number of unbranched alkanes of at least 4 members (excludes halogenated alkanes) is 33. The molecule has 0 heterocycles. The number of carbonyl (C=O) groups is 4. The van der Waals surface area contributed by atoms with Crippen molar-refractivity contribution in [2.24, 2.45) is 17.8 Å². The van der Waals surface area contributed by atoms with E-state index in [1.807, 2.05) is 0 Å². The third-order valence-corrected chi connectivity index (χ3v) is 17.9. The Balaban J connectivity index is 5.25. The van der Waals surface area contributed by atoms with Crippen LogP contribution in [-0.4, -0.2) is 96.7 Å². The van der Waals surface area contributed by atoms with Gasteiger partial charge in [-0.2, -0.15) is 0 Å². The number of rotatable bonds is 66. The second-order valence-corrected chi connectivity index (χ2v) is 28.7. The smallest absolute Gasteiger partial charge is 0.462 e. The predicted octanol–water partition coefficient (Wildman–Crippen LogP) is 19.1. The van der Waals surface area contributed by atoms with Crippen molar-refractivity contribution in [3.63, 3.8) is 0 Å². The summed E-state index contributed by atoms with van der Waals surface area (Å²) in [6.45, 7) is 11.8. The second kappa shape index (κ2) is 59.1. The Hall–Kier alpha value is -1.94. The Labute approximate surface area is 530 Å². The van der Waals surface area contributed by atoms with Crippen LogP contribution in [0, 0.1) is 17.8 Å². The number of esters is 4. The molecule has 0 spiro atoms. The maximum Gasteiger partial charge on any atom is 0.472 e. The molecule has 0 aromatic rings. The summed E-state index contributed by atoms with van der Waals surface area (Å²) >= 11 is 0. The van der Waals surface area contributed by atoms with Crippen molar-refractivity contribution in [2.45, 2.75) is 356 Å². The molecule has 17 nitrogen and oxygen atoms in total.